The summed E-state index contributed by atoms with van der Waals surface area (Å²) in [7, 11) is 1.63. The quantitative estimate of drug-likeness (QED) is 0.462. The number of halogens is 1. The first-order chi connectivity index (χ1) is 16.6. The van der Waals surface area contributed by atoms with E-state index in [-0.39, 0.29) is 30.3 Å². The molecule has 2 amide bonds. The number of carbonyl (C=O) groups is 2. The van der Waals surface area contributed by atoms with E-state index in [2.05, 4.69) is 10.6 Å². The van der Waals surface area contributed by atoms with E-state index in [1.165, 1.54) is 6.42 Å². The Morgan fingerprint density at radius 1 is 1.06 bits per heavy atom. The molecule has 6 nitrogen and oxygen atoms in total. The fraction of sp³-hybridized carbons (Fsp3) is 0.556. The predicted octanol–water partition coefficient (Wildman–Crippen LogP) is 4.74. The molecule has 2 aliphatic carbocycles. The number of rotatable bonds is 11. The van der Waals surface area contributed by atoms with Crippen LogP contribution >= 0.6 is 11.6 Å². The van der Waals surface area contributed by atoms with Crippen molar-refractivity contribution in [2.24, 2.45) is 5.92 Å². The Morgan fingerprint density at radius 3 is 2.53 bits per heavy atom. The SMILES string of the molecule is COCCN(CC(=O)N(Cc1cccn1Cc1ccccc1Cl)C1CCCCC1)C(=O)C1CC1. The summed E-state index contributed by atoms with van der Waals surface area (Å²) < 4.78 is 7.38. The van der Waals surface area contributed by atoms with Crippen molar-refractivity contribution in [3.05, 3.63) is 58.9 Å². The highest BCUT2D eigenvalue weighted by molar-refractivity contribution is 6.31. The summed E-state index contributed by atoms with van der Waals surface area (Å²) in [6, 6.07) is 12.2. The van der Waals surface area contributed by atoms with E-state index >= 15 is 0 Å². The molecule has 2 aliphatic rings. The van der Waals surface area contributed by atoms with E-state index < -0.39 is 0 Å². The smallest absolute Gasteiger partial charge is 0.242 e. The summed E-state index contributed by atoms with van der Waals surface area (Å²) in [5.74, 6) is 0.208. The predicted molar refractivity (Wildman–Crippen MR) is 134 cm³/mol. The monoisotopic (exact) mass is 485 g/mol. The van der Waals surface area contributed by atoms with E-state index in [1.54, 1.807) is 12.0 Å². The molecule has 1 aromatic heterocycles. The fourth-order valence-electron chi connectivity index (χ4n) is 4.86. The average molecular weight is 486 g/mol. The van der Waals surface area contributed by atoms with Crippen molar-refractivity contribution < 1.29 is 14.3 Å². The van der Waals surface area contributed by atoms with Gasteiger partial charge >= 0.3 is 0 Å². The molecule has 0 saturated heterocycles. The van der Waals surface area contributed by atoms with Gasteiger partial charge in [-0.1, -0.05) is 49.1 Å². The van der Waals surface area contributed by atoms with E-state index in [0.717, 1.165) is 54.8 Å². The van der Waals surface area contributed by atoms with Gasteiger partial charge in [-0.15, -0.1) is 0 Å². The Labute approximate surface area is 207 Å². The van der Waals surface area contributed by atoms with Crippen LogP contribution in [0.2, 0.25) is 5.02 Å². The molecule has 0 unspecified atom stereocenters. The van der Waals surface area contributed by atoms with Gasteiger partial charge < -0.3 is 19.1 Å². The number of aromatic nitrogens is 1. The van der Waals surface area contributed by atoms with Crippen LogP contribution in [0.3, 0.4) is 0 Å². The van der Waals surface area contributed by atoms with Gasteiger partial charge in [-0.05, 0) is 49.4 Å². The minimum atomic E-state index is 0.0301. The molecule has 0 radical (unpaired) electrons. The maximum absolute atomic E-state index is 13.7. The third kappa shape index (κ3) is 6.42. The highest BCUT2D eigenvalue weighted by atomic mass is 35.5. The first-order valence-electron chi connectivity index (χ1n) is 12.5. The number of methoxy groups -OCH3 is 1. The number of carbonyl (C=O) groups excluding carboxylic acids is 2. The van der Waals surface area contributed by atoms with Crippen LogP contribution in [0.15, 0.2) is 42.6 Å². The molecule has 2 saturated carbocycles. The summed E-state index contributed by atoms with van der Waals surface area (Å²) >= 11 is 6.41. The third-order valence-electron chi connectivity index (χ3n) is 7.02. The zero-order valence-corrected chi connectivity index (χ0v) is 20.9. The first kappa shape index (κ1) is 24.8. The van der Waals surface area contributed by atoms with Gasteiger partial charge in [0.05, 0.1) is 19.7 Å². The molecule has 0 N–H and O–H groups in total. The Balaban J connectivity index is 1.51. The van der Waals surface area contributed by atoms with Crippen LogP contribution in [0.4, 0.5) is 0 Å². The van der Waals surface area contributed by atoms with Crippen LogP contribution < -0.4 is 0 Å². The number of ether oxygens (including phenoxy) is 1. The van der Waals surface area contributed by atoms with Crippen LogP contribution in [0.1, 0.15) is 56.2 Å². The van der Waals surface area contributed by atoms with Crippen molar-refractivity contribution in [1.82, 2.24) is 14.4 Å². The van der Waals surface area contributed by atoms with E-state index in [9.17, 15) is 9.59 Å². The highest BCUT2D eigenvalue weighted by Crippen LogP contribution is 2.31. The number of amides is 2. The molecule has 34 heavy (non-hydrogen) atoms. The number of hydrogen-bond donors (Lipinski definition) is 0. The second-order valence-corrected chi connectivity index (χ2v) is 9.97. The van der Waals surface area contributed by atoms with Gasteiger partial charge in [0.1, 0.15) is 0 Å². The van der Waals surface area contributed by atoms with Crippen molar-refractivity contribution in [3.8, 4) is 0 Å². The van der Waals surface area contributed by atoms with Crippen molar-refractivity contribution in [1.29, 1.82) is 0 Å². The normalized spacial score (nSPS) is 16.4. The lowest BCUT2D eigenvalue weighted by Crippen LogP contribution is -2.48. The van der Waals surface area contributed by atoms with Crippen molar-refractivity contribution in [3.63, 3.8) is 0 Å². The van der Waals surface area contributed by atoms with Crippen LogP contribution in [0.25, 0.3) is 0 Å². The van der Waals surface area contributed by atoms with Gasteiger partial charge in [0.25, 0.3) is 0 Å². The maximum atomic E-state index is 13.7. The molecule has 2 aromatic rings. The van der Waals surface area contributed by atoms with Crippen molar-refractivity contribution in [2.45, 2.75) is 64.1 Å². The van der Waals surface area contributed by atoms with E-state index in [4.69, 9.17) is 16.3 Å². The highest BCUT2D eigenvalue weighted by Gasteiger charge is 2.35. The second-order valence-electron chi connectivity index (χ2n) is 9.56. The summed E-state index contributed by atoms with van der Waals surface area (Å²) in [4.78, 5) is 30.2. The number of nitrogens with zero attached hydrogens (tertiary/aromatic N) is 3. The summed E-state index contributed by atoms with van der Waals surface area (Å²) in [6.45, 7) is 2.22. The zero-order valence-electron chi connectivity index (χ0n) is 20.1. The van der Waals surface area contributed by atoms with Crippen molar-refractivity contribution >= 4 is 23.4 Å². The molecule has 184 valence electrons. The third-order valence-corrected chi connectivity index (χ3v) is 7.39. The molecule has 0 aliphatic heterocycles. The topological polar surface area (TPSA) is 54.8 Å². The molecule has 0 spiro atoms. The summed E-state index contributed by atoms with van der Waals surface area (Å²) in [5, 5.41) is 0.745. The Hall–Kier alpha value is -2.31. The second kappa shape index (κ2) is 11.9. The molecule has 0 bridgehead atoms. The first-order valence-corrected chi connectivity index (χ1v) is 12.9. The number of benzene rings is 1. The molecule has 4 rings (SSSR count). The van der Waals surface area contributed by atoms with Gasteiger partial charge in [-0.25, -0.2) is 0 Å². The zero-order chi connectivity index (χ0) is 23.9. The Morgan fingerprint density at radius 2 is 1.82 bits per heavy atom. The van der Waals surface area contributed by atoms with Gasteiger partial charge in [0, 0.05) is 49.1 Å². The lowest BCUT2D eigenvalue weighted by molar-refractivity contribution is -0.144. The van der Waals surface area contributed by atoms with Gasteiger partial charge in [-0.3, -0.25) is 9.59 Å². The van der Waals surface area contributed by atoms with Gasteiger partial charge in [0.15, 0.2) is 0 Å². The minimum Gasteiger partial charge on any atom is -0.383 e. The summed E-state index contributed by atoms with van der Waals surface area (Å²) in [6.07, 6.45) is 9.45. The van der Waals surface area contributed by atoms with E-state index in [1.807, 2.05) is 41.4 Å². The lowest BCUT2D eigenvalue weighted by atomic mass is 9.94. The molecular formula is C27H36ClN3O3. The molecule has 2 fully saturated rings. The standard InChI is InChI=1S/C27H36ClN3O3/c1-34-17-16-30(27(33)21-13-14-21)20-26(32)31(23-9-3-2-4-10-23)19-24-11-7-15-29(24)18-22-8-5-6-12-25(22)28/h5-8,11-12,15,21,23H,2-4,9-10,13-14,16-20H2,1H3. The van der Waals surface area contributed by atoms with Crippen LogP contribution in [-0.2, 0) is 27.4 Å². The van der Waals surface area contributed by atoms with Crippen LogP contribution in [0, 0.1) is 5.92 Å². The van der Waals surface area contributed by atoms with Gasteiger partial charge in [0.2, 0.25) is 11.8 Å². The molecule has 1 heterocycles. The Bertz CT molecular complexity index is 966. The van der Waals surface area contributed by atoms with Crippen molar-refractivity contribution in [2.75, 3.05) is 26.8 Å². The lowest BCUT2D eigenvalue weighted by Gasteiger charge is -2.36. The number of hydrogen-bond acceptors (Lipinski definition) is 3. The maximum Gasteiger partial charge on any atom is 0.242 e. The van der Waals surface area contributed by atoms with Crippen LogP contribution in [-0.4, -0.2) is 59.0 Å². The van der Waals surface area contributed by atoms with Gasteiger partial charge in [-0.2, -0.15) is 0 Å². The molecular weight excluding hydrogens is 450 g/mol. The molecule has 7 heteroatoms. The fourth-order valence-corrected chi connectivity index (χ4v) is 5.05. The Kier molecular flexibility index (Phi) is 8.68. The molecule has 1 aromatic carbocycles. The minimum absolute atomic E-state index is 0.0301. The van der Waals surface area contributed by atoms with E-state index in [0.29, 0.717) is 26.2 Å². The van der Waals surface area contributed by atoms with Crippen LogP contribution in [0.5, 0.6) is 0 Å². The largest absolute Gasteiger partial charge is 0.383 e. The average Bonchev–Trinajstić information content (AvgIpc) is 3.62. The summed E-state index contributed by atoms with van der Waals surface area (Å²) in [5.41, 5.74) is 2.13. The molecule has 0 atom stereocenters.